The highest BCUT2D eigenvalue weighted by atomic mass is 16.6. The molecule has 2 aliphatic heterocycles. The van der Waals surface area contributed by atoms with E-state index in [0.29, 0.717) is 12.0 Å². The van der Waals surface area contributed by atoms with E-state index in [1.165, 1.54) is 6.92 Å². The number of cyclic esters (lactones) is 1. The zero-order valence-electron chi connectivity index (χ0n) is 17.1. The van der Waals surface area contributed by atoms with Gasteiger partial charge in [-0.15, -0.1) is 0 Å². The summed E-state index contributed by atoms with van der Waals surface area (Å²) in [7, 11) is 0. The minimum atomic E-state index is -0.913. The summed E-state index contributed by atoms with van der Waals surface area (Å²) in [6.45, 7) is 11.2. The second-order valence-corrected chi connectivity index (χ2v) is 8.85. The Morgan fingerprint density at radius 3 is 2.79 bits per heavy atom. The van der Waals surface area contributed by atoms with Gasteiger partial charge in [0.15, 0.2) is 0 Å². The summed E-state index contributed by atoms with van der Waals surface area (Å²) < 4.78 is 16.8. The zero-order chi connectivity index (χ0) is 20.7. The predicted molar refractivity (Wildman–Crippen MR) is 103 cm³/mol. The maximum absolute atomic E-state index is 12.6. The summed E-state index contributed by atoms with van der Waals surface area (Å²) in [5, 5.41) is 9.88. The molecule has 6 heteroatoms. The molecule has 5 unspecified atom stereocenters. The maximum atomic E-state index is 12.6. The van der Waals surface area contributed by atoms with Crippen LogP contribution in [0.4, 0.5) is 0 Å². The Hall–Kier alpha value is -1.92. The summed E-state index contributed by atoms with van der Waals surface area (Å²) >= 11 is 0. The van der Waals surface area contributed by atoms with Gasteiger partial charge < -0.3 is 19.3 Å². The van der Waals surface area contributed by atoms with Crippen molar-refractivity contribution in [2.75, 3.05) is 6.61 Å². The van der Waals surface area contributed by atoms with Crippen molar-refractivity contribution in [2.24, 2.45) is 11.8 Å². The molecule has 0 aromatic heterocycles. The van der Waals surface area contributed by atoms with E-state index in [1.807, 2.05) is 13.0 Å². The van der Waals surface area contributed by atoms with Gasteiger partial charge in [-0.3, -0.25) is 9.59 Å². The second kappa shape index (κ2) is 7.48. The number of aliphatic hydroxyl groups is 1. The Kier molecular flexibility index (Phi) is 5.56. The number of allylic oxidation sites excluding steroid dienone is 2. The summed E-state index contributed by atoms with van der Waals surface area (Å²) in [6, 6.07) is 0. The van der Waals surface area contributed by atoms with Crippen LogP contribution in [0.1, 0.15) is 47.0 Å². The monoisotopic (exact) mass is 390 g/mol. The Bertz CT molecular complexity index is 728. The normalized spacial score (nSPS) is 37.4. The Morgan fingerprint density at radius 2 is 2.14 bits per heavy atom. The fourth-order valence-corrected chi connectivity index (χ4v) is 4.29. The van der Waals surface area contributed by atoms with Gasteiger partial charge in [-0.2, -0.15) is 0 Å². The molecule has 5 atom stereocenters. The van der Waals surface area contributed by atoms with Crippen molar-refractivity contribution >= 4 is 11.9 Å². The van der Waals surface area contributed by atoms with Crippen LogP contribution < -0.4 is 0 Å². The molecular weight excluding hydrogens is 360 g/mol. The Balaban J connectivity index is 1.89. The minimum absolute atomic E-state index is 0.0436. The first-order valence-electron chi connectivity index (χ1n) is 9.80. The summed E-state index contributed by atoms with van der Waals surface area (Å²) in [5.41, 5.74) is 0.435. The number of hydrogen-bond donors (Lipinski definition) is 1. The van der Waals surface area contributed by atoms with Crippen molar-refractivity contribution < 1.29 is 28.9 Å². The van der Waals surface area contributed by atoms with Crippen molar-refractivity contribution in [1.29, 1.82) is 0 Å². The lowest BCUT2D eigenvalue weighted by Crippen LogP contribution is -2.36. The van der Waals surface area contributed by atoms with Crippen molar-refractivity contribution in [3.63, 3.8) is 0 Å². The fourth-order valence-electron chi connectivity index (χ4n) is 4.29. The molecule has 1 aliphatic carbocycles. The van der Waals surface area contributed by atoms with Crippen molar-refractivity contribution in [3.8, 4) is 0 Å². The molecule has 2 heterocycles. The molecule has 28 heavy (non-hydrogen) atoms. The number of rotatable bonds is 3. The molecule has 0 aromatic carbocycles. The van der Waals surface area contributed by atoms with Gasteiger partial charge in [0, 0.05) is 19.3 Å². The highest BCUT2D eigenvalue weighted by Crippen LogP contribution is 2.50. The van der Waals surface area contributed by atoms with Gasteiger partial charge in [-0.05, 0) is 39.2 Å². The number of esters is 2. The molecule has 0 amide bonds. The molecule has 0 bridgehead atoms. The standard InChI is InChI=1S/C22H30O6/c1-13-11-17(27-14(2)23)19-22(5,28-19)10-8-16-15(7-6-9-21(3,4)25)12-26-20(24)18(13)16/h6-7,9,16-19,25H,1,8,10-12H2,2-5H3. The lowest BCUT2D eigenvalue weighted by molar-refractivity contribution is -0.151. The van der Waals surface area contributed by atoms with Crippen LogP contribution in [0.25, 0.3) is 0 Å². The van der Waals surface area contributed by atoms with Gasteiger partial charge in [0.25, 0.3) is 0 Å². The molecule has 2 saturated heterocycles. The lowest BCUT2D eigenvalue weighted by atomic mass is 9.76. The third-order valence-corrected chi connectivity index (χ3v) is 5.78. The second-order valence-electron chi connectivity index (χ2n) is 8.85. The largest absolute Gasteiger partial charge is 0.461 e. The van der Waals surface area contributed by atoms with Crippen LogP contribution in [-0.4, -0.2) is 47.1 Å². The zero-order valence-corrected chi connectivity index (χ0v) is 17.1. The molecule has 3 aliphatic rings. The molecule has 3 fully saturated rings. The predicted octanol–water partition coefficient (Wildman–Crippen LogP) is 2.86. The van der Waals surface area contributed by atoms with Gasteiger partial charge in [-0.25, -0.2) is 0 Å². The van der Waals surface area contributed by atoms with Crippen LogP contribution in [0, 0.1) is 11.8 Å². The maximum Gasteiger partial charge on any atom is 0.314 e. The highest BCUT2D eigenvalue weighted by Gasteiger charge is 2.59. The van der Waals surface area contributed by atoms with Crippen LogP contribution >= 0.6 is 0 Å². The topological polar surface area (TPSA) is 85.4 Å². The molecule has 1 saturated carbocycles. The number of carbonyl (C=O) groups is 2. The van der Waals surface area contributed by atoms with Gasteiger partial charge in [-0.1, -0.05) is 30.4 Å². The van der Waals surface area contributed by atoms with E-state index in [4.69, 9.17) is 14.2 Å². The molecule has 0 radical (unpaired) electrons. The molecular formula is C22H30O6. The van der Waals surface area contributed by atoms with E-state index in [2.05, 4.69) is 6.58 Å². The quantitative estimate of drug-likeness (QED) is 0.453. The summed E-state index contributed by atoms with van der Waals surface area (Å²) in [6.07, 6.45) is 6.70. The molecule has 0 spiro atoms. The minimum Gasteiger partial charge on any atom is -0.461 e. The van der Waals surface area contributed by atoms with Crippen LogP contribution in [0.5, 0.6) is 0 Å². The van der Waals surface area contributed by atoms with E-state index >= 15 is 0 Å². The number of epoxide rings is 1. The van der Waals surface area contributed by atoms with E-state index in [-0.39, 0.29) is 36.2 Å². The van der Waals surface area contributed by atoms with E-state index in [9.17, 15) is 14.7 Å². The van der Waals surface area contributed by atoms with Crippen LogP contribution in [0.3, 0.4) is 0 Å². The molecule has 154 valence electrons. The first kappa shape index (κ1) is 20.8. The van der Waals surface area contributed by atoms with Crippen LogP contribution in [0.15, 0.2) is 36.0 Å². The first-order valence-corrected chi connectivity index (χ1v) is 9.80. The Morgan fingerprint density at radius 1 is 1.43 bits per heavy atom. The van der Waals surface area contributed by atoms with Gasteiger partial charge >= 0.3 is 11.9 Å². The average molecular weight is 390 g/mol. The number of ether oxygens (including phenoxy) is 3. The van der Waals surface area contributed by atoms with Gasteiger partial charge in [0.05, 0.1) is 17.1 Å². The fraction of sp³-hybridized carbons (Fsp3) is 0.636. The molecule has 3 rings (SSSR count). The Labute approximate surface area is 166 Å². The number of carbonyl (C=O) groups excluding carboxylic acids is 2. The van der Waals surface area contributed by atoms with Crippen molar-refractivity contribution in [2.45, 2.75) is 70.4 Å². The van der Waals surface area contributed by atoms with Crippen LogP contribution in [-0.2, 0) is 23.8 Å². The first-order chi connectivity index (χ1) is 13.0. The summed E-state index contributed by atoms with van der Waals surface area (Å²) in [4.78, 5) is 24.1. The van der Waals surface area contributed by atoms with Crippen LogP contribution in [0.2, 0.25) is 0 Å². The molecule has 1 N–H and O–H groups in total. The summed E-state index contributed by atoms with van der Waals surface area (Å²) in [5.74, 6) is -1.15. The SMILES string of the molecule is C=C1CC(OC(C)=O)C2OC2(C)CCC2C(=CC=CC(C)(C)O)COC(=O)C12. The number of hydrogen-bond acceptors (Lipinski definition) is 6. The van der Waals surface area contributed by atoms with Crippen molar-refractivity contribution in [3.05, 3.63) is 36.0 Å². The third kappa shape index (κ3) is 4.55. The van der Waals surface area contributed by atoms with Gasteiger partial charge in [0.1, 0.15) is 18.8 Å². The highest BCUT2D eigenvalue weighted by molar-refractivity contribution is 5.78. The smallest absolute Gasteiger partial charge is 0.314 e. The molecule has 0 aromatic rings. The van der Waals surface area contributed by atoms with E-state index in [0.717, 1.165) is 18.4 Å². The van der Waals surface area contributed by atoms with E-state index < -0.39 is 17.6 Å². The molecule has 6 nitrogen and oxygen atoms in total. The average Bonchev–Trinajstić information content (AvgIpc) is 3.23. The van der Waals surface area contributed by atoms with Gasteiger partial charge in [0.2, 0.25) is 0 Å². The lowest BCUT2D eigenvalue weighted by Gasteiger charge is -2.34. The van der Waals surface area contributed by atoms with E-state index in [1.54, 1.807) is 26.0 Å². The number of fused-ring (bicyclic) bond motifs is 2. The third-order valence-electron chi connectivity index (χ3n) is 5.78. The van der Waals surface area contributed by atoms with Crippen molar-refractivity contribution in [1.82, 2.24) is 0 Å².